The SMILES string of the molecule is CCc1nc(-c2ccc3c(c2)CC[C@H]3NC(=O)c2cnc(C)s2)no1. The van der Waals surface area contributed by atoms with Crippen LogP contribution in [0.2, 0.25) is 0 Å². The smallest absolute Gasteiger partial charge is 0.263 e. The normalized spacial score (nSPS) is 16.0. The van der Waals surface area contributed by atoms with Crippen LogP contribution in [0.1, 0.15) is 51.1 Å². The largest absolute Gasteiger partial charge is 0.344 e. The Labute approximate surface area is 149 Å². The number of benzene rings is 1. The van der Waals surface area contributed by atoms with E-state index in [0.717, 1.165) is 35.4 Å². The quantitative estimate of drug-likeness (QED) is 0.776. The maximum atomic E-state index is 12.4. The molecule has 0 bridgehead atoms. The van der Waals surface area contributed by atoms with Crippen molar-refractivity contribution in [2.24, 2.45) is 0 Å². The molecular weight excluding hydrogens is 336 g/mol. The minimum atomic E-state index is -0.0571. The van der Waals surface area contributed by atoms with Gasteiger partial charge in [-0.2, -0.15) is 4.98 Å². The fourth-order valence-corrected chi connectivity index (χ4v) is 3.80. The van der Waals surface area contributed by atoms with Gasteiger partial charge in [-0.25, -0.2) is 4.98 Å². The Hall–Kier alpha value is -2.54. The molecule has 1 atom stereocenters. The third kappa shape index (κ3) is 3.07. The third-order valence-corrected chi connectivity index (χ3v) is 5.31. The number of carbonyl (C=O) groups is 1. The predicted molar refractivity (Wildman–Crippen MR) is 94.5 cm³/mol. The van der Waals surface area contributed by atoms with Gasteiger partial charge < -0.3 is 9.84 Å². The van der Waals surface area contributed by atoms with Gasteiger partial charge in [-0.1, -0.05) is 24.2 Å². The second-order valence-corrected chi connectivity index (χ2v) is 7.32. The summed E-state index contributed by atoms with van der Waals surface area (Å²) in [4.78, 5) is 21.6. The van der Waals surface area contributed by atoms with Crippen molar-refractivity contribution in [3.8, 4) is 11.4 Å². The molecule has 0 aliphatic heterocycles. The molecule has 0 saturated heterocycles. The number of hydrogen-bond donors (Lipinski definition) is 1. The first kappa shape index (κ1) is 16.0. The van der Waals surface area contributed by atoms with Crippen molar-refractivity contribution >= 4 is 17.2 Å². The summed E-state index contributed by atoms with van der Waals surface area (Å²) < 4.78 is 5.19. The summed E-state index contributed by atoms with van der Waals surface area (Å²) in [5.74, 6) is 1.20. The van der Waals surface area contributed by atoms with Gasteiger partial charge in [-0.15, -0.1) is 11.3 Å². The second kappa shape index (κ2) is 6.40. The Morgan fingerprint density at radius 1 is 1.44 bits per heavy atom. The van der Waals surface area contributed by atoms with Crippen LogP contribution >= 0.6 is 11.3 Å². The molecule has 1 amide bonds. The van der Waals surface area contributed by atoms with Crippen molar-refractivity contribution in [3.05, 3.63) is 51.3 Å². The Balaban J connectivity index is 1.54. The van der Waals surface area contributed by atoms with Gasteiger partial charge in [0.05, 0.1) is 17.2 Å². The molecule has 1 aromatic carbocycles. The summed E-state index contributed by atoms with van der Waals surface area (Å²) in [7, 11) is 0. The van der Waals surface area contributed by atoms with Gasteiger partial charge in [0.25, 0.3) is 5.91 Å². The van der Waals surface area contributed by atoms with Crippen molar-refractivity contribution in [2.45, 2.75) is 39.2 Å². The first-order valence-electron chi connectivity index (χ1n) is 8.33. The maximum Gasteiger partial charge on any atom is 0.263 e. The standard InChI is InChI=1S/C18H18N4O2S/c1-3-16-21-17(22-24-16)12-4-6-13-11(8-12)5-7-14(13)20-18(23)15-9-19-10(2)25-15/h4,6,8-9,14H,3,5,7H2,1-2H3,(H,20,23)/t14-/m1/s1. The van der Waals surface area contributed by atoms with Crippen LogP contribution in [0, 0.1) is 6.92 Å². The fraction of sp³-hybridized carbons (Fsp3) is 0.333. The van der Waals surface area contributed by atoms with Gasteiger partial charge in [0.15, 0.2) is 0 Å². The van der Waals surface area contributed by atoms with Crippen molar-refractivity contribution in [1.29, 1.82) is 0 Å². The van der Waals surface area contributed by atoms with E-state index in [4.69, 9.17) is 4.52 Å². The van der Waals surface area contributed by atoms with Gasteiger partial charge in [-0.3, -0.25) is 4.79 Å². The number of nitrogens with zero attached hydrogens (tertiary/aromatic N) is 3. The van der Waals surface area contributed by atoms with Gasteiger partial charge in [-0.05, 0) is 37.0 Å². The van der Waals surface area contributed by atoms with Crippen LogP contribution in [-0.2, 0) is 12.8 Å². The lowest BCUT2D eigenvalue weighted by atomic mass is 10.0. The second-order valence-electron chi connectivity index (χ2n) is 6.09. The summed E-state index contributed by atoms with van der Waals surface area (Å²) in [6, 6.07) is 6.19. The number of thiazole rings is 1. The molecule has 6 nitrogen and oxygen atoms in total. The van der Waals surface area contributed by atoms with Crippen molar-refractivity contribution in [2.75, 3.05) is 0 Å². The molecule has 0 radical (unpaired) electrons. The minimum Gasteiger partial charge on any atom is -0.344 e. The van der Waals surface area contributed by atoms with E-state index in [1.54, 1.807) is 6.20 Å². The number of fused-ring (bicyclic) bond motifs is 1. The molecular formula is C18H18N4O2S. The molecule has 2 heterocycles. The van der Waals surface area contributed by atoms with E-state index >= 15 is 0 Å². The number of aryl methyl sites for hydroxylation is 3. The van der Waals surface area contributed by atoms with E-state index in [1.165, 1.54) is 16.9 Å². The first-order valence-corrected chi connectivity index (χ1v) is 9.14. The minimum absolute atomic E-state index is 0.0374. The number of hydrogen-bond acceptors (Lipinski definition) is 6. The van der Waals surface area contributed by atoms with E-state index < -0.39 is 0 Å². The number of carbonyl (C=O) groups excluding carboxylic acids is 1. The number of nitrogens with one attached hydrogen (secondary N) is 1. The van der Waals surface area contributed by atoms with E-state index in [2.05, 4.69) is 32.6 Å². The van der Waals surface area contributed by atoms with Crippen LogP contribution in [0.5, 0.6) is 0 Å². The van der Waals surface area contributed by atoms with E-state index in [0.29, 0.717) is 16.6 Å². The average molecular weight is 354 g/mol. The van der Waals surface area contributed by atoms with Crippen LogP contribution in [0.4, 0.5) is 0 Å². The van der Waals surface area contributed by atoms with E-state index in [9.17, 15) is 4.79 Å². The van der Waals surface area contributed by atoms with E-state index in [-0.39, 0.29) is 11.9 Å². The molecule has 0 spiro atoms. The fourth-order valence-electron chi connectivity index (χ4n) is 3.12. The molecule has 1 aliphatic rings. The average Bonchev–Trinajstić information content (AvgIpc) is 3.34. The molecule has 2 aromatic heterocycles. The van der Waals surface area contributed by atoms with Crippen LogP contribution in [0.3, 0.4) is 0 Å². The monoisotopic (exact) mass is 354 g/mol. The maximum absolute atomic E-state index is 12.4. The lowest BCUT2D eigenvalue weighted by Gasteiger charge is -2.13. The predicted octanol–water partition coefficient (Wildman–Crippen LogP) is 3.48. The van der Waals surface area contributed by atoms with Gasteiger partial charge in [0, 0.05) is 12.0 Å². The lowest BCUT2D eigenvalue weighted by Crippen LogP contribution is -2.26. The topological polar surface area (TPSA) is 80.9 Å². The summed E-state index contributed by atoms with van der Waals surface area (Å²) in [6.45, 7) is 3.88. The van der Waals surface area contributed by atoms with Gasteiger partial charge in [0.2, 0.25) is 11.7 Å². The van der Waals surface area contributed by atoms with Gasteiger partial charge in [0.1, 0.15) is 4.88 Å². The highest BCUT2D eigenvalue weighted by molar-refractivity contribution is 7.13. The van der Waals surface area contributed by atoms with Crippen molar-refractivity contribution < 1.29 is 9.32 Å². The Morgan fingerprint density at radius 2 is 2.32 bits per heavy atom. The van der Waals surface area contributed by atoms with Crippen LogP contribution in [0.15, 0.2) is 28.9 Å². The van der Waals surface area contributed by atoms with Crippen molar-refractivity contribution in [3.63, 3.8) is 0 Å². The van der Waals surface area contributed by atoms with Crippen LogP contribution in [0.25, 0.3) is 11.4 Å². The molecule has 3 aromatic rings. The zero-order valence-electron chi connectivity index (χ0n) is 14.1. The van der Waals surface area contributed by atoms with Crippen LogP contribution in [-0.4, -0.2) is 21.0 Å². The highest BCUT2D eigenvalue weighted by Gasteiger charge is 2.25. The molecule has 7 heteroatoms. The summed E-state index contributed by atoms with van der Waals surface area (Å²) >= 11 is 1.41. The van der Waals surface area contributed by atoms with Gasteiger partial charge >= 0.3 is 0 Å². The third-order valence-electron chi connectivity index (χ3n) is 4.40. The Morgan fingerprint density at radius 3 is 3.04 bits per heavy atom. The zero-order chi connectivity index (χ0) is 17.4. The number of amides is 1. The molecule has 25 heavy (non-hydrogen) atoms. The van der Waals surface area contributed by atoms with Crippen LogP contribution < -0.4 is 5.32 Å². The molecule has 1 aliphatic carbocycles. The Kier molecular flexibility index (Phi) is 4.09. The number of aromatic nitrogens is 3. The summed E-state index contributed by atoms with van der Waals surface area (Å²) in [5.41, 5.74) is 3.34. The Bertz CT molecular complexity index is 931. The number of rotatable bonds is 4. The summed E-state index contributed by atoms with van der Waals surface area (Å²) in [5, 5.41) is 8.05. The molecule has 0 saturated carbocycles. The molecule has 4 rings (SSSR count). The van der Waals surface area contributed by atoms with Crippen molar-refractivity contribution in [1.82, 2.24) is 20.4 Å². The molecule has 1 N–H and O–H groups in total. The molecule has 0 unspecified atom stereocenters. The highest BCUT2D eigenvalue weighted by Crippen LogP contribution is 2.34. The first-order chi connectivity index (χ1) is 12.1. The molecule has 128 valence electrons. The van der Waals surface area contributed by atoms with E-state index in [1.807, 2.05) is 19.9 Å². The highest BCUT2D eigenvalue weighted by atomic mass is 32.1. The summed E-state index contributed by atoms with van der Waals surface area (Å²) in [6.07, 6.45) is 4.18. The molecule has 0 fully saturated rings. The lowest BCUT2D eigenvalue weighted by molar-refractivity contribution is 0.0940. The zero-order valence-corrected chi connectivity index (χ0v) is 14.9.